The van der Waals surface area contributed by atoms with E-state index in [2.05, 4.69) is 57.1 Å². The van der Waals surface area contributed by atoms with E-state index in [1.165, 1.54) is 17.3 Å². The minimum absolute atomic E-state index is 0.0617. The van der Waals surface area contributed by atoms with E-state index in [1.807, 2.05) is 36.4 Å². The third-order valence-corrected chi connectivity index (χ3v) is 11.4. The molecule has 0 amide bonds. The SMILES string of the molecule is CC(C)(C)[Si](C)(C)OC(c1ncc(C#N)o1)C1CCc2cc(Oc3ccccc3)ccc2C1. The molecular weight excluding hydrogens is 428 g/mol. The Hall–Kier alpha value is -2.88. The molecule has 172 valence electrons. The lowest BCUT2D eigenvalue weighted by Crippen LogP contribution is -2.43. The molecule has 1 heterocycles. The summed E-state index contributed by atoms with van der Waals surface area (Å²) in [6.07, 6.45) is 4.02. The van der Waals surface area contributed by atoms with Crippen LogP contribution in [0.15, 0.2) is 59.1 Å². The molecule has 1 aliphatic rings. The second-order valence-electron chi connectivity index (χ2n) is 10.3. The van der Waals surface area contributed by atoms with Crippen LogP contribution >= 0.6 is 0 Å². The van der Waals surface area contributed by atoms with Crippen molar-refractivity contribution in [2.24, 2.45) is 5.92 Å². The van der Waals surface area contributed by atoms with Crippen molar-refractivity contribution in [1.82, 2.24) is 4.98 Å². The Balaban J connectivity index is 1.57. The van der Waals surface area contributed by atoms with Crippen molar-refractivity contribution in [3.05, 3.63) is 77.5 Å². The first kappa shape index (κ1) is 23.3. The first-order chi connectivity index (χ1) is 15.7. The van der Waals surface area contributed by atoms with Crippen molar-refractivity contribution in [3.63, 3.8) is 0 Å². The van der Waals surface area contributed by atoms with Crippen molar-refractivity contribution < 1.29 is 13.6 Å². The van der Waals surface area contributed by atoms with Gasteiger partial charge in [-0.3, -0.25) is 0 Å². The van der Waals surface area contributed by atoms with E-state index in [1.54, 1.807) is 0 Å². The van der Waals surface area contributed by atoms with Crippen molar-refractivity contribution in [3.8, 4) is 17.6 Å². The molecule has 0 fully saturated rings. The molecule has 33 heavy (non-hydrogen) atoms. The highest BCUT2D eigenvalue weighted by Crippen LogP contribution is 2.44. The summed E-state index contributed by atoms with van der Waals surface area (Å²) in [7, 11) is -2.08. The molecule has 0 saturated heterocycles. The van der Waals surface area contributed by atoms with Gasteiger partial charge < -0.3 is 13.6 Å². The molecule has 2 unspecified atom stereocenters. The van der Waals surface area contributed by atoms with Crippen LogP contribution in [0.4, 0.5) is 0 Å². The first-order valence-electron chi connectivity index (χ1n) is 11.5. The predicted octanol–water partition coefficient (Wildman–Crippen LogP) is 7.21. The number of hydrogen-bond acceptors (Lipinski definition) is 5. The normalized spacial score (nSPS) is 17.2. The Bertz CT molecular complexity index is 1140. The first-order valence-corrected chi connectivity index (χ1v) is 14.5. The Kier molecular flexibility index (Phi) is 6.47. The molecule has 1 aromatic heterocycles. The van der Waals surface area contributed by atoms with Crippen LogP contribution in [0.3, 0.4) is 0 Å². The third-order valence-electron chi connectivity index (χ3n) is 6.96. The molecule has 1 aliphatic carbocycles. The highest BCUT2D eigenvalue weighted by Gasteiger charge is 2.43. The molecule has 0 bridgehead atoms. The minimum Gasteiger partial charge on any atom is -0.457 e. The smallest absolute Gasteiger partial charge is 0.224 e. The monoisotopic (exact) mass is 460 g/mol. The van der Waals surface area contributed by atoms with E-state index in [4.69, 9.17) is 13.6 Å². The highest BCUT2D eigenvalue weighted by molar-refractivity contribution is 6.74. The number of nitrogens with zero attached hydrogens (tertiary/aromatic N) is 2. The maximum atomic E-state index is 9.24. The zero-order valence-corrected chi connectivity index (χ0v) is 21.1. The third kappa shape index (κ3) is 5.21. The van der Waals surface area contributed by atoms with Gasteiger partial charge >= 0.3 is 0 Å². The number of oxazole rings is 1. The molecule has 0 spiro atoms. The fourth-order valence-electron chi connectivity index (χ4n) is 4.02. The molecule has 5 nitrogen and oxygen atoms in total. The molecule has 2 atom stereocenters. The van der Waals surface area contributed by atoms with Crippen molar-refractivity contribution >= 4 is 8.32 Å². The molecule has 0 radical (unpaired) electrons. The summed E-state index contributed by atoms with van der Waals surface area (Å²) < 4.78 is 18.7. The average molecular weight is 461 g/mol. The van der Waals surface area contributed by atoms with Crippen molar-refractivity contribution in [1.29, 1.82) is 5.26 Å². The van der Waals surface area contributed by atoms with Gasteiger partial charge in [0.05, 0.1) is 6.20 Å². The van der Waals surface area contributed by atoms with E-state index in [9.17, 15) is 5.26 Å². The standard InChI is InChI=1S/C27H32N2O3Si/c1-27(2,3)33(4,5)32-25(26-29-18-24(17-28)31-26)21-12-11-20-16-23(14-13-19(20)15-21)30-22-9-7-6-8-10-22/h6-10,13-14,16,18,21,25H,11-12,15H2,1-5H3. The number of rotatable bonds is 6. The summed E-state index contributed by atoms with van der Waals surface area (Å²) >= 11 is 0. The molecule has 6 heteroatoms. The van der Waals surface area contributed by atoms with Crippen LogP contribution < -0.4 is 4.74 Å². The summed E-state index contributed by atoms with van der Waals surface area (Å²) in [5, 5.41) is 9.30. The topological polar surface area (TPSA) is 68.3 Å². The van der Waals surface area contributed by atoms with Gasteiger partial charge in [0.1, 0.15) is 23.7 Å². The Morgan fingerprint density at radius 1 is 1.09 bits per heavy atom. The van der Waals surface area contributed by atoms with Crippen LogP contribution in [-0.4, -0.2) is 13.3 Å². The number of aryl methyl sites for hydroxylation is 1. The minimum atomic E-state index is -2.08. The van der Waals surface area contributed by atoms with Gasteiger partial charge in [-0.05, 0) is 78.7 Å². The zero-order chi connectivity index (χ0) is 23.6. The maximum absolute atomic E-state index is 9.24. The number of benzene rings is 2. The Morgan fingerprint density at radius 3 is 2.52 bits per heavy atom. The second kappa shape index (κ2) is 9.16. The summed E-state index contributed by atoms with van der Waals surface area (Å²) in [5.74, 6) is 2.68. The van der Waals surface area contributed by atoms with Crippen molar-refractivity contribution in [2.45, 2.75) is 64.3 Å². The van der Waals surface area contributed by atoms with E-state index in [0.717, 1.165) is 30.8 Å². The molecule has 0 saturated carbocycles. The van der Waals surface area contributed by atoms with Gasteiger partial charge in [0, 0.05) is 0 Å². The highest BCUT2D eigenvalue weighted by atomic mass is 28.4. The fraction of sp³-hybridized carbons (Fsp3) is 0.407. The van der Waals surface area contributed by atoms with Gasteiger partial charge in [-0.25, -0.2) is 4.98 Å². The van der Waals surface area contributed by atoms with Gasteiger partial charge in [0.15, 0.2) is 8.32 Å². The quantitative estimate of drug-likeness (QED) is 0.364. The lowest BCUT2D eigenvalue weighted by Gasteiger charge is -2.41. The second-order valence-corrected chi connectivity index (χ2v) is 15.1. The molecule has 0 aliphatic heterocycles. The van der Waals surface area contributed by atoms with Crippen LogP contribution in [-0.2, 0) is 17.3 Å². The largest absolute Gasteiger partial charge is 0.457 e. The summed E-state index contributed by atoms with van der Waals surface area (Å²) in [6, 6.07) is 18.3. The number of aromatic nitrogens is 1. The van der Waals surface area contributed by atoms with Crippen LogP contribution in [0.5, 0.6) is 11.5 Å². The van der Waals surface area contributed by atoms with E-state index < -0.39 is 8.32 Å². The van der Waals surface area contributed by atoms with Crippen molar-refractivity contribution in [2.75, 3.05) is 0 Å². The number of nitriles is 1. The zero-order valence-electron chi connectivity index (χ0n) is 20.1. The lowest BCUT2D eigenvalue weighted by atomic mass is 9.81. The Morgan fingerprint density at radius 2 is 1.85 bits per heavy atom. The predicted molar refractivity (Wildman–Crippen MR) is 131 cm³/mol. The number of fused-ring (bicyclic) bond motifs is 1. The number of para-hydroxylation sites is 1. The summed E-state index contributed by atoms with van der Waals surface area (Å²) in [6.45, 7) is 11.2. The van der Waals surface area contributed by atoms with E-state index >= 15 is 0 Å². The van der Waals surface area contributed by atoms with Gasteiger partial charge in [-0.2, -0.15) is 5.26 Å². The number of hydrogen-bond donors (Lipinski definition) is 0. The molecule has 4 rings (SSSR count). The molecular formula is C27H32N2O3Si. The van der Waals surface area contributed by atoms with Crippen LogP contribution in [0.25, 0.3) is 0 Å². The van der Waals surface area contributed by atoms with E-state index in [-0.39, 0.29) is 22.8 Å². The molecule has 0 N–H and O–H groups in total. The van der Waals surface area contributed by atoms with Gasteiger partial charge in [-0.15, -0.1) is 0 Å². The van der Waals surface area contributed by atoms with Gasteiger partial charge in [-0.1, -0.05) is 45.0 Å². The van der Waals surface area contributed by atoms with Crippen LogP contribution in [0.2, 0.25) is 18.1 Å². The maximum Gasteiger partial charge on any atom is 0.224 e. The Labute approximate surface area is 197 Å². The molecule has 2 aromatic carbocycles. The summed E-state index contributed by atoms with van der Waals surface area (Å²) in [5.41, 5.74) is 2.62. The van der Waals surface area contributed by atoms with Crippen LogP contribution in [0.1, 0.15) is 56.1 Å². The van der Waals surface area contributed by atoms with Gasteiger partial charge in [0.25, 0.3) is 0 Å². The molecule has 3 aromatic rings. The van der Waals surface area contributed by atoms with Gasteiger partial charge in [0.2, 0.25) is 11.7 Å². The lowest BCUT2D eigenvalue weighted by molar-refractivity contribution is 0.0822. The van der Waals surface area contributed by atoms with E-state index in [0.29, 0.717) is 5.89 Å². The number of ether oxygens (including phenoxy) is 1. The average Bonchev–Trinajstić information content (AvgIpc) is 3.26. The fourth-order valence-corrected chi connectivity index (χ4v) is 5.30. The van der Waals surface area contributed by atoms with Crippen LogP contribution in [0, 0.1) is 17.2 Å². The summed E-state index contributed by atoms with van der Waals surface area (Å²) in [4.78, 5) is 4.43.